The predicted molar refractivity (Wildman–Crippen MR) is 353 cm³/mol. The highest BCUT2D eigenvalue weighted by atomic mass is 16.6. The quantitative estimate of drug-likeness (QED) is 0.0261. The number of allylic oxidation sites excluding steroid dienone is 22. The van der Waals surface area contributed by atoms with Crippen molar-refractivity contribution in [2.24, 2.45) is 0 Å². The maximum atomic E-state index is 12.9. The van der Waals surface area contributed by atoms with E-state index in [9.17, 15) is 14.4 Å². The van der Waals surface area contributed by atoms with Gasteiger partial charge in [0.1, 0.15) is 13.2 Å². The molecule has 0 radical (unpaired) electrons. The zero-order chi connectivity index (χ0) is 58.5. The van der Waals surface area contributed by atoms with E-state index < -0.39 is 6.10 Å². The van der Waals surface area contributed by atoms with Crippen molar-refractivity contribution < 1.29 is 28.6 Å². The highest BCUT2D eigenvalue weighted by Gasteiger charge is 2.19. The molecule has 0 saturated heterocycles. The molecule has 0 N–H and O–H groups in total. The topological polar surface area (TPSA) is 78.9 Å². The Balaban J connectivity index is 4.30. The van der Waals surface area contributed by atoms with E-state index >= 15 is 0 Å². The summed E-state index contributed by atoms with van der Waals surface area (Å²) >= 11 is 0. The smallest absolute Gasteiger partial charge is 0.306 e. The third-order valence-corrected chi connectivity index (χ3v) is 14.1. The van der Waals surface area contributed by atoms with Crippen LogP contribution in [0.5, 0.6) is 0 Å². The molecule has 0 aliphatic carbocycles. The number of hydrogen-bond donors (Lipinski definition) is 0. The Hall–Kier alpha value is -4.45. The van der Waals surface area contributed by atoms with Crippen LogP contribution in [0.2, 0.25) is 0 Å². The van der Waals surface area contributed by atoms with Crippen molar-refractivity contribution in [3.05, 3.63) is 134 Å². The molecule has 1 unspecified atom stereocenters. The number of hydrogen-bond acceptors (Lipinski definition) is 6. The van der Waals surface area contributed by atoms with Crippen LogP contribution in [0, 0.1) is 0 Å². The van der Waals surface area contributed by atoms with Gasteiger partial charge in [0, 0.05) is 19.3 Å². The Morgan fingerprint density at radius 1 is 0.259 bits per heavy atom. The van der Waals surface area contributed by atoms with E-state index in [2.05, 4.69) is 154 Å². The number of ether oxygens (including phenoxy) is 3. The number of carbonyl (C=O) groups excluding carboxylic acids is 3. The van der Waals surface area contributed by atoms with Gasteiger partial charge in [0.2, 0.25) is 0 Å². The molecule has 0 amide bonds. The normalized spacial score (nSPS) is 13.0. The molecule has 0 fully saturated rings. The minimum Gasteiger partial charge on any atom is -0.462 e. The SMILES string of the molecule is CC/C=C\C/C=C\C/C=C\C/C=C\C/C=C\C/C=C\CCCCCCCCCCCCCCC(=O)OCC(COC(=O)CCCCCCC/C=C\C/C=C\C/C=C\CC)OC(=O)CCCCCCCCC/C=C\C/C=C\CCCCC. The van der Waals surface area contributed by atoms with Crippen molar-refractivity contribution in [1.29, 1.82) is 0 Å². The maximum absolute atomic E-state index is 12.9. The molecule has 6 heteroatoms. The molecule has 0 aliphatic rings. The summed E-state index contributed by atoms with van der Waals surface area (Å²) in [5, 5.41) is 0. The first-order valence-electron chi connectivity index (χ1n) is 33.7. The molecular weight excluding hydrogens is 997 g/mol. The Kier molecular flexibility index (Phi) is 64.3. The molecule has 0 aromatic rings. The number of unbranched alkanes of at least 4 members (excludes halogenated alkanes) is 27. The van der Waals surface area contributed by atoms with E-state index in [1.54, 1.807) is 0 Å². The lowest BCUT2D eigenvalue weighted by molar-refractivity contribution is -0.167. The summed E-state index contributed by atoms with van der Waals surface area (Å²) < 4.78 is 16.9. The van der Waals surface area contributed by atoms with Crippen molar-refractivity contribution >= 4 is 17.9 Å². The van der Waals surface area contributed by atoms with Gasteiger partial charge < -0.3 is 14.2 Å². The first-order valence-corrected chi connectivity index (χ1v) is 33.7. The summed E-state index contributed by atoms with van der Waals surface area (Å²) in [6.07, 6.45) is 96.1. The van der Waals surface area contributed by atoms with Crippen LogP contribution in [0.1, 0.15) is 303 Å². The second-order valence-electron chi connectivity index (χ2n) is 22.0. The minimum atomic E-state index is -0.795. The van der Waals surface area contributed by atoms with E-state index in [4.69, 9.17) is 14.2 Å². The van der Waals surface area contributed by atoms with Crippen LogP contribution in [0.25, 0.3) is 0 Å². The average Bonchev–Trinajstić information content (AvgIpc) is 3.47. The molecule has 6 nitrogen and oxygen atoms in total. The second kappa shape index (κ2) is 68.1. The van der Waals surface area contributed by atoms with Crippen LogP contribution in [-0.4, -0.2) is 37.2 Å². The van der Waals surface area contributed by atoms with Gasteiger partial charge in [0.25, 0.3) is 0 Å². The van der Waals surface area contributed by atoms with Gasteiger partial charge in [-0.2, -0.15) is 0 Å². The molecule has 0 saturated carbocycles. The van der Waals surface area contributed by atoms with Crippen LogP contribution in [0.3, 0.4) is 0 Å². The van der Waals surface area contributed by atoms with Crippen molar-refractivity contribution in [2.75, 3.05) is 13.2 Å². The van der Waals surface area contributed by atoms with Crippen LogP contribution < -0.4 is 0 Å². The fourth-order valence-corrected chi connectivity index (χ4v) is 9.14. The molecule has 0 spiro atoms. The molecule has 0 aromatic heterocycles. The van der Waals surface area contributed by atoms with Gasteiger partial charge in [-0.05, 0) is 135 Å². The lowest BCUT2D eigenvalue weighted by Gasteiger charge is -2.18. The number of rotatable bonds is 60. The average molecular weight is 1120 g/mol. The molecule has 460 valence electrons. The van der Waals surface area contributed by atoms with E-state index in [0.29, 0.717) is 19.3 Å². The molecule has 1 atom stereocenters. The zero-order valence-electron chi connectivity index (χ0n) is 52.8. The first-order chi connectivity index (χ1) is 40.0. The van der Waals surface area contributed by atoms with E-state index in [-0.39, 0.29) is 31.1 Å². The van der Waals surface area contributed by atoms with Gasteiger partial charge in [-0.1, -0.05) is 283 Å². The van der Waals surface area contributed by atoms with E-state index in [1.807, 2.05) is 0 Å². The molecule has 0 aliphatic heterocycles. The minimum absolute atomic E-state index is 0.0900. The van der Waals surface area contributed by atoms with Gasteiger partial charge in [-0.3, -0.25) is 14.4 Å². The fourth-order valence-electron chi connectivity index (χ4n) is 9.14. The Bertz CT molecular complexity index is 1720. The van der Waals surface area contributed by atoms with Crippen molar-refractivity contribution in [2.45, 2.75) is 309 Å². The number of carbonyl (C=O) groups is 3. The third-order valence-electron chi connectivity index (χ3n) is 14.1. The Labute approximate surface area is 500 Å². The highest BCUT2D eigenvalue weighted by Crippen LogP contribution is 2.16. The van der Waals surface area contributed by atoms with Crippen molar-refractivity contribution in [3.63, 3.8) is 0 Å². The number of esters is 3. The van der Waals surface area contributed by atoms with Crippen molar-refractivity contribution in [3.8, 4) is 0 Å². The monoisotopic (exact) mass is 1120 g/mol. The third kappa shape index (κ3) is 66.2. The summed E-state index contributed by atoms with van der Waals surface area (Å²) in [6, 6.07) is 0. The summed E-state index contributed by atoms with van der Waals surface area (Å²) in [5.74, 6) is -0.911. The van der Waals surface area contributed by atoms with Crippen molar-refractivity contribution in [1.82, 2.24) is 0 Å². The highest BCUT2D eigenvalue weighted by molar-refractivity contribution is 5.71. The molecular formula is C75H124O6. The molecule has 0 heterocycles. The Morgan fingerprint density at radius 3 is 0.753 bits per heavy atom. The van der Waals surface area contributed by atoms with Crippen LogP contribution in [-0.2, 0) is 28.6 Å². The van der Waals surface area contributed by atoms with Crippen LogP contribution in [0.15, 0.2) is 134 Å². The molecule has 81 heavy (non-hydrogen) atoms. The predicted octanol–water partition coefficient (Wildman–Crippen LogP) is 23.3. The van der Waals surface area contributed by atoms with Crippen LogP contribution >= 0.6 is 0 Å². The molecule has 0 rings (SSSR count). The summed E-state index contributed by atoms with van der Waals surface area (Å²) in [4.78, 5) is 38.4. The Morgan fingerprint density at radius 2 is 0.481 bits per heavy atom. The van der Waals surface area contributed by atoms with Gasteiger partial charge >= 0.3 is 17.9 Å². The van der Waals surface area contributed by atoms with Gasteiger partial charge in [-0.25, -0.2) is 0 Å². The zero-order valence-corrected chi connectivity index (χ0v) is 52.8. The largest absolute Gasteiger partial charge is 0.462 e. The van der Waals surface area contributed by atoms with Gasteiger partial charge in [0.15, 0.2) is 6.10 Å². The lowest BCUT2D eigenvalue weighted by Crippen LogP contribution is -2.30. The summed E-state index contributed by atoms with van der Waals surface area (Å²) in [6.45, 7) is 6.38. The van der Waals surface area contributed by atoms with Gasteiger partial charge in [-0.15, -0.1) is 0 Å². The van der Waals surface area contributed by atoms with Gasteiger partial charge in [0.05, 0.1) is 0 Å². The lowest BCUT2D eigenvalue weighted by atomic mass is 10.0. The molecule has 0 bridgehead atoms. The first kappa shape index (κ1) is 76.5. The molecule has 0 aromatic carbocycles. The summed E-state index contributed by atoms with van der Waals surface area (Å²) in [5.41, 5.74) is 0. The summed E-state index contributed by atoms with van der Waals surface area (Å²) in [7, 11) is 0. The van der Waals surface area contributed by atoms with E-state index in [0.717, 1.165) is 148 Å². The second-order valence-corrected chi connectivity index (χ2v) is 22.0. The van der Waals surface area contributed by atoms with E-state index in [1.165, 1.54) is 116 Å². The standard InChI is InChI=1S/C75H124O6/c1-4-7-10-13-16-19-22-25-28-30-31-32-33-34-35-36-37-38-39-40-41-42-43-45-47-50-53-56-59-62-65-68-74(77)80-71-72(70-79-73(76)67-64-61-58-55-52-49-46-27-24-21-18-15-12-9-6-3)81-75(78)69-66-63-60-57-54-51-48-44-29-26-23-20-17-14-11-8-5-2/h7,9-10,12,16-21,25-29,31-32,34-35,37-38,46,72H,4-6,8,11,13-15,22-24,30,33,36,39-45,47-71H2,1-3H3/b10-7-,12-9-,19-16-,20-17-,21-18-,28-25-,29-26-,32-31-,35-34-,38-37-,46-27-. The van der Waals surface area contributed by atoms with Crippen LogP contribution in [0.4, 0.5) is 0 Å². The fraction of sp³-hybridized carbons (Fsp3) is 0.667. The maximum Gasteiger partial charge on any atom is 0.306 e.